The van der Waals surface area contributed by atoms with Gasteiger partial charge in [-0.15, -0.1) is 0 Å². The quantitative estimate of drug-likeness (QED) is 0.583. The van der Waals surface area contributed by atoms with Crippen molar-refractivity contribution in [2.24, 2.45) is 5.84 Å². The molecule has 1 saturated heterocycles. The third-order valence-electron chi connectivity index (χ3n) is 3.67. The Morgan fingerprint density at radius 1 is 1.29 bits per heavy atom. The predicted molar refractivity (Wildman–Crippen MR) is 82.7 cm³/mol. The topological polar surface area (TPSA) is 87.3 Å². The van der Waals surface area contributed by atoms with E-state index in [9.17, 15) is 5.11 Å². The van der Waals surface area contributed by atoms with Gasteiger partial charge in [-0.05, 0) is 13.3 Å². The molecule has 2 heterocycles. The van der Waals surface area contributed by atoms with Crippen LogP contribution in [0.25, 0.3) is 11.4 Å². The number of β-amino-alcohol motifs (C(OH)–C–C–N with tert-alkyl or cyclic N) is 1. The number of hydrogen-bond acceptors (Lipinski definition) is 6. The number of rotatable bonds is 3. The number of nitrogen functional groups attached to an aromatic ring is 1. The van der Waals surface area contributed by atoms with Crippen LogP contribution in [0, 0.1) is 0 Å². The lowest BCUT2D eigenvalue weighted by Gasteiger charge is -2.20. The van der Waals surface area contributed by atoms with Gasteiger partial charge in [0.2, 0.25) is 0 Å². The van der Waals surface area contributed by atoms with Crippen molar-refractivity contribution in [2.75, 3.05) is 23.4 Å². The second kappa shape index (κ2) is 5.31. The largest absolute Gasteiger partial charge is 0.388 e. The lowest BCUT2D eigenvalue weighted by molar-refractivity contribution is 0.0839. The normalized spacial score (nSPS) is 21.6. The van der Waals surface area contributed by atoms with Gasteiger partial charge in [0.15, 0.2) is 5.82 Å². The highest BCUT2D eigenvalue weighted by atomic mass is 16.3. The first kappa shape index (κ1) is 13.8. The molecule has 3 rings (SSSR count). The molecule has 0 aliphatic carbocycles. The molecule has 1 aliphatic rings. The minimum atomic E-state index is -0.672. The van der Waals surface area contributed by atoms with Crippen molar-refractivity contribution < 1.29 is 5.11 Å². The number of hydrazine groups is 1. The van der Waals surface area contributed by atoms with Crippen molar-refractivity contribution in [1.29, 1.82) is 0 Å². The van der Waals surface area contributed by atoms with Crippen LogP contribution in [-0.2, 0) is 0 Å². The molecule has 1 fully saturated rings. The zero-order chi connectivity index (χ0) is 14.9. The lowest BCUT2D eigenvalue weighted by Crippen LogP contribution is -2.30. The summed E-state index contributed by atoms with van der Waals surface area (Å²) < 4.78 is 0. The number of aliphatic hydroxyl groups is 1. The molecular weight excluding hydrogens is 266 g/mol. The van der Waals surface area contributed by atoms with Crippen LogP contribution >= 0.6 is 0 Å². The second-order valence-corrected chi connectivity index (χ2v) is 5.61. The van der Waals surface area contributed by atoms with Gasteiger partial charge in [0.05, 0.1) is 5.60 Å². The molecule has 0 amide bonds. The summed E-state index contributed by atoms with van der Waals surface area (Å²) in [5.41, 5.74) is 2.84. The van der Waals surface area contributed by atoms with Gasteiger partial charge in [-0.25, -0.2) is 15.8 Å². The molecule has 1 aromatic carbocycles. The molecule has 0 radical (unpaired) electrons. The number of benzene rings is 1. The van der Waals surface area contributed by atoms with E-state index >= 15 is 0 Å². The maximum absolute atomic E-state index is 10.1. The third kappa shape index (κ3) is 2.96. The van der Waals surface area contributed by atoms with E-state index in [2.05, 4.69) is 20.3 Å². The number of aromatic nitrogens is 2. The van der Waals surface area contributed by atoms with Crippen molar-refractivity contribution in [3.05, 3.63) is 36.4 Å². The summed E-state index contributed by atoms with van der Waals surface area (Å²) >= 11 is 0. The van der Waals surface area contributed by atoms with Crippen LogP contribution in [0.3, 0.4) is 0 Å². The van der Waals surface area contributed by atoms with Gasteiger partial charge in [0, 0.05) is 24.7 Å². The average molecular weight is 285 g/mol. The van der Waals surface area contributed by atoms with E-state index in [-0.39, 0.29) is 0 Å². The van der Waals surface area contributed by atoms with E-state index in [1.165, 1.54) is 0 Å². The predicted octanol–water partition coefficient (Wildman–Crippen LogP) is 1.39. The first-order chi connectivity index (χ1) is 10.1. The number of anilines is 2. The van der Waals surface area contributed by atoms with E-state index in [1.807, 2.05) is 37.3 Å². The fourth-order valence-corrected chi connectivity index (χ4v) is 2.53. The Morgan fingerprint density at radius 3 is 2.67 bits per heavy atom. The Balaban J connectivity index is 1.98. The number of nitrogens with two attached hydrogens (primary N) is 1. The molecule has 0 spiro atoms. The third-order valence-corrected chi connectivity index (χ3v) is 3.67. The van der Waals surface area contributed by atoms with Crippen LogP contribution in [0.4, 0.5) is 11.6 Å². The van der Waals surface area contributed by atoms with Crippen LogP contribution in [0.15, 0.2) is 36.4 Å². The van der Waals surface area contributed by atoms with Crippen molar-refractivity contribution >= 4 is 11.6 Å². The summed E-state index contributed by atoms with van der Waals surface area (Å²) in [4.78, 5) is 11.1. The zero-order valence-corrected chi connectivity index (χ0v) is 12.0. The Hall–Kier alpha value is -2.18. The molecule has 0 saturated carbocycles. The molecular formula is C15H19N5O. The van der Waals surface area contributed by atoms with E-state index in [4.69, 9.17) is 5.84 Å². The van der Waals surface area contributed by atoms with Gasteiger partial charge < -0.3 is 15.4 Å². The average Bonchev–Trinajstić information content (AvgIpc) is 2.88. The maximum Gasteiger partial charge on any atom is 0.163 e. The zero-order valence-electron chi connectivity index (χ0n) is 12.0. The van der Waals surface area contributed by atoms with Gasteiger partial charge in [0.1, 0.15) is 11.6 Å². The van der Waals surface area contributed by atoms with Crippen LogP contribution in [0.5, 0.6) is 0 Å². The van der Waals surface area contributed by atoms with Crippen molar-refractivity contribution in [1.82, 2.24) is 9.97 Å². The second-order valence-electron chi connectivity index (χ2n) is 5.61. The van der Waals surface area contributed by atoms with Crippen molar-refractivity contribution in [2.45, 2.75) is 18.9 Å². The molecule has 1 aliphatic heterocycles. The highest BCUT2D eigenvalue weighted by Gasteiger charge is 2.32. The van der Waals surface area contributed by atoms with Gasteiger partial charge in [0.25, 0.3) is 0 Å². The molecule has 0 bridgehead atoms. The van der Waals surface area contributed by atoms with E-state index in [1.54, 1.807) is 6.07 Å². The number of hydrogen-bond donors (Lipinski definition) is 3. The van der Waals surface area contributed by atoms with E-state index in [0.29, 0.717) is 18.2 Å². The van der Waals surface area contributed by atoms with Gasteiger partial charge >= 0.3 is 0 Å². The summed E-state index contributed by atoms with van der Waals surface area (Å²) in [6.07, 6.45) is 0.725. The summed E-state index contributed by atoms with van der Waals surface area (Å²) in [5, 5.41) is 10.1. The van der Waals surface area contributed by atoms with Gasteiger partial charge in [-0.3, -0.25) is 0 Å². The molecule has 21 heavy (non-hydrogen) atoms. The molecule has 6 nitrogen and oxygen atoms in total. The SMILES string of the molecule is CC1(O)CCN(c2cc(NN)nc(-c3ccccc3)n2)C1. The lowest BCUT2D eigenvalue weighted by atomic mass is 10.1. The molecule has 1 atom stereocenters. The standard InChI is InChI=1S/C15H19N5O/c1-15(21)7-8-20(10-15)13-9-12(19-16)17-14(18-13)11-5-3-2-4-6-11/h2-6,9,21H,7-8,10,16H2,1H3,(H,17,18,19). The van der Waals surface area contributed by atoms with Crippen molar-refractivity contribution in [3.8, 4) is 11.4 Å². The Labute approximate surface area is 123 Å². The highest BCUT2D eigenvalue weighted by Crippen LogP contribution is 2.28. The minimum absolute atomic E-state index is 0.558. The number of nitrogens with zero attached hydrogens (tertiary/aromatic N) is 3. The van der Waals surface area contributed by atoms with Crippen LogP contribution in [0.2, 0.25) is 0 Å². The van der Waals surface area contributed by atoms with E-state index < -0.39 is 5.60 Å². The van der Waals surface area contributed by atoms with Crippen molar-refractivity contribution in [3.63, 3.8) is 0 Å². The molecule has 110 valence electrons. The monoisotopic (exact) mass is 285 g/mol. The first-order valence-corrected chi connectivity index (χ1v) is 6.96. The molecule has 1 aromatic heterocycles. The minimum Gasteiger partial charge on any atom is -0.388 e. The molecule has 6 heteroatoms. The van der Waals surface area contributed by atoms with Gasteiger partial charge in [-0.1, -0.05) is 30.3 Å². The first-order valence-electron chi connectivity index (χ1n) is 6.96. The fraction of sp³-hybridized carbons (Fsp3) is 0.333. The molecule has 1 unspecified atom stereocenters. The van der Waals surface area contributed by atoms with Gasteiger partial charge in [-0.2, -0.15) is 0 Å². The summed E-state index contributed by atoms with van der Waals surface area (Å²) in [5.74, 6) is 7.46. The van der Waals surface area contributed by atoms with E-state index in [0.717, 1.165) is 24.3 Å². The summed E-state index contributed by atoms with van der Waals surface area (Å²) in [6, 6.07) is 11.6. The summed E-state index contributed by atoms with van der Waals surface area (Å²) in [6.45, 7) is 3.17. The van der Waals surface area contributed by atoms with Crippen LogP contribution in [0.1, 0.15) is 13.3 Å². The Morgan fingerprint density at radius 2 is 2.05 bits per heavy atom. The molecule has 4 N–H and O–H groups in total. The van der Waals surface area contributed by atoms with Crippen LogP contribution in [-0.4, -0.2) is 33.8 Å². The Bertz CT molecular complexity index is 629. The maximum atomic E-state index is 10.1. The Kier molecular flexibility index (Phi) is 3.48. The highest BCUT2D eigenvalue weighted by molar-refractivity contribution is 5.61. The number of nitrogens with one attached hydrogen (secondary N) is 1. The molecule has 2 aromatic rings. The summed E-state index contributed by atoms with van der Waals surface area (Å²) in [7, 11) is 0. The smallest absolute Gasteiger partial charge is 0.163 e. The van der Waals surface area contributed by atoms with Crippen LogP contribution < -0.4 is 16.2 Å². The fourth-order valence-electron chi connectivity index (χ4n) is 2.53.